The summed E-state index contributed by atoms with van der Waals surface area (Å²) in [5.74, 6) is -1.58. The number of anilines is 2. The van der Waals surface area contributed by atoms with Crippen molar-refractivity contribution in [3.8, 4) is 11.1 Å². The number of ether oxygens (including phenoxy) is 1. The predicted octanol–water partition coefficient (Wildman–Crippen LogP) is 6.12. The molecule has 0 aromatic heterocycles. The zero-order valence-corrected chi connectivity index (χ0v) is 22.3. The van der Waals surface area contributed by atoms with E-state index in [1.165, 1.54) is 22.5 Å². The monoisotopic (exact) mass is 530 g/mol. The molecule has 0 spiro atoms. The predicted molar refractivity (Wildman–Crippen MR) is 140 cm³/mol. The lowest BCUT2D eigenvalue weighted by atomic mass is 9.86. The molecule has 1 aliphatic rings. The van der Waals surface area contributed by atoms with Gasteiger partial charge >= 0.3 is 5.97 Å². The van der Waals surface area contributed by atoms with Gasteiger partial charge in [0.05, 0.1) is 23.4 Å². The number of fused-ring (bicyclic) bond motifs is 1. The molecule has 0 aliphatic carbocycles. The first kappa shape index (κ1) is 26.1. The minimum Gasteiger partial charge on any atom is -0.465 e. The Morgan fingerprint density at radius 1 is 1.08 bits per heavy atom. The van der Waals surface area contributed by atoms with Crippen LogP contribution in [-0.4, -0.2) is 45.4 Å². The average molecular weight is 531 g/mol. The van der Waals surface area contributed by atoms with Gasteiger partial charge in [-0.25, -0.2) is 17.6 Å². The van der Waals surface area contributed by atoms with Crippen LogP contribution in [0.4, 0.5) is 15.8 Å². The summed E-state index contributed by atoms with van der Waals surface area (Å²) in [7, 11) is -1.20. The van der Waals surface area contributed by atoms with Crippen LogP contribution < -0.4 is 4.90 Å². The minimum absolute atomic E-state index is 0.0731. The first-order valence-electron chi connectivity index (χ1n) is 11.4. The molecule has 0 saturated heterocycles. The highest BCUT2D eigenvalue weighted by Crippen LogP contribution is 2.44. The van der Waals surface area contributed by atoms with Crippen molar-refractivity contribution in [3.05, 3.63) is 77.1 Å². The molecular weight excluding hydrogens is 503 g/mol. The van der Waals surface area contributed by atoms with E-state index >= 15 is 0 Å². The number of para-hydroxylation sites is 1. The van der Waals surface area contributed by atoms with Gasteiger partial charge in [-0.3, -0.25) is 0 Å². The average Bonchev–Trinajstić information content (AvgIpc) is 2.91. The lowest BCUT2D eigenvalue weighted by molar-refractivity contribution is 0.0595. The Kier molecular flexibility index (Phi) is 6.90. The molecule has 9 heteroatoms. The third-order valence-electron chi connectivity index (χ3n) is 6.54. The number of hydrogen-bond donors (Lipinski definition) is 0. The van der Waals surface area contributed by atoms with Gasteiger partial charge < -0.3 is 9.64 Å². The zero-order valence-electron chi connectivity index (χ0n) is 20.7. The van der Waals surface area contributed by atoms with Gasteiger partial charge in [0.15, 0.2) is 0 Å². The van der Waals surface area contributed by atoms with Gasteiger partial charge in [-0.1, -0.05) is 56.6 Å². The SMILES string of the molecule is COC(=O)c1cc(-c2cc3c(cc2Cl)N(c2ccccc2)C[C@@H](C(C)(C)C)N(C)S3(=O)=O)ccc1F. The fourth-order valence-corrected chi connectivity index (χ4v) is 6.52. The number of hydrogen-bond acceptors (Lipinski definition) is 5. The molecule has 0 amide bonds. The molecular formula is C27H28ClFN2O4S. The van der Waals surface area contributed by atoms with Crippen molar-refractivity contribution in [2.75, 3.05) is 25.6 Å². The lowest BCUT2D eigenvalue weighted by Crippen LogP contribution is -2.48. The van der Waals surface area contributed by atoms with Gasteiger partial charge in [-0.05, 0) is 47.4 Å². The maximum absolute atomic E-state index is 14.3. The molecule has 0 N–H and O–H groups in total. The molecule has 3 aromatic rings. The van der Waals surface area contributed by atoms with Crippen LogP contribution in [0.3, 0.4) is 0 Å². The number of esters is 1. The number of carbonyl (C=O) groups is 1. The maximum Gasteiger partial charge on any atom is 0.340 e. The van der Waals surface area contributed by atoms with Gasteiger partial charge in [0.2, 0.25) is 10.0 Å². The second-order valence-electron chi connectivity index (χ2n) is 9.84. The Morgan fingerprint density at radius 2 is 1.75 bits per heavy atom. The maximum atomic E-state index is 14.3. The van der Waals surface area contributed by atoms with Crippen molar-refractivity contribution in [1.82, 2.24) is 4.31 Å². The van der Waals surface area contributed by atoms with Crippen molar-refractivity contribution in [1.29, 1.82) is 0 Å². The Morgan fingerprint density at radius 3 is 2.36 bits per heavy atom. The molecule has 3 aromatic carbocycles. The summed E-state index contributed by atoms with van der Waals surface area (Å²) in [6, 6.07) is 16.2. The van der Waals surface area contributed by atoms with Crippen LogP contribution in [0.25, 0.3) is 11.1 Å². The highest BCUT2D eigenvalue weighted by Gasteiger charge is 2.42. The van der Waals surface area contributed by atoms with Crippen molar-refractivity contribution in [2.24, 2.45) is 5.41 Å². The first-order valence-corrected chi connectivity index (χ1v) is 13.2. The van der Waals surface area contributed by atoms with E-state index in [2.05, 4.69) is 4.74 Å². The van der Waals surface area contributed by atoms with Crippen molar-refractivity contribution in [3.63, 3.8) is 0 Å². The molecule has 1 aliphatic heterocycles. The van der Waals surface area contributed by atoms with E-state index in [0.29, 0.717) is 23.4 Å². The molecule has 0 fully saturated rings. The van der Waals surface area contributed by atoms with Gasteiger partial charge in [0, 0.05) is 30.9 Å². The Balaban J connectivity index is 1.99. The second-order valence-corrected chi connectivity index (χ2v) is 12.2. The molecule has 4 rings (SSSR count). The van der Waals surface area contributed by atoms with Crippen LogP contribution in [0.5, 0.6) is 0 Å². The second kappa shape index (κ2) is 9.50. The third kappa shape index (κ3) is 4.61. The van der Waals surface area contributed by atoms with E-state index in [4.69, 9.17) is 11.6 Å². The fraction of sp³-hybridized carbons (Fsp3) is 0.296. The minimum atomic E-state index is -3.95. The number of sulfonamides is 1. The summed E-state index contributed by atoms with van der Waals surface area (Å²) >= 11 is 6.72. The van der Waals surface area contributed by atoms with Crippen LogP contribution in [0.15, 0.2) is 65.6 Å². The van der Waals surface area contributed by atoms with Crippen molar-refractivity contribution < 1.29 is 22.3 Å². The zero-order chi connectivity index (χ0) is 26.4. The van der Waals surface area contributed by atoms with E-state index in [1.807, 2.05) is 56.0 Å². The number of likely N-dealkylation sites (N-methyl/N-ethyl adjacent to an activating group) is 1. The normalized spacial score (nSPS) is 17.9. The molecule has 0 saturated carbocycles. The number of methoxy groups -OCH3 is 1. The topological polar surface area (TPSA) is 66.9 Å². The van der Waals surface area contributed by atoms with Gasteiger partial charge in [-0.15, -0.1) is 0 Å². The van der Waals surface area contributed by atoms with Gasteiger partial charge in [0.1, 0.15) is 10.7 Å². The van der Waals surface area contributed by atoms with Gasteiger partial charge in [-0.2, -0.15) is 4.31 Å². The van der Waals surface area contributed by atoms with Crippen molar-refractivity contribution in [2.45, 2.75) is 31.7 Å². The van der Waals surface area contributed by atoms with Crippen molar-refractivity contribution >= 4 is 39.0 Å². The highest BCUT2D eigenvalue weighted by molar-refractivity contribution is 7.89. The summed E-state index contributed by atoms with van der Waals surface area (Å²) in [5.41, 5.74) is 1.40. The highest BCUT2D eigenvalue weighted by atomic mass is 35.5. The smallest absolute Gasteiger partial charge is 0.340 e. The largest absolute Gasteiger partial charge is 0.465 e. The van der Waals surface area contributed by atoms with E-state index in [1.54, 1.807) is 13.1 Å². The van der Waals surface area contributed by atoms with Gasteiger partial charge in [0.25, 0.3) is 0 Å². The third-order valence-corrected chi connectivity index (χ3v) is 8.75. The Labute approximate surface area is 216 Å². The number of benzene rings is 3. The van der Waals surface area contributed by atoms with E-state index in [9.17, 15) is 17.6 Å². The first-order chi connectivity index (χ1) is 16.9. The summed E-state index contributed by atoms with van der Waals surface area (Å²) in [4.78, 5) is 14.1. The number of halogens is 2. The van der Waals surface area contributed by atoms with Crippen LogP contribution in [0.1, 0.15) is 31.1 Å². The molecule has 0 radical (unpaired) electrons. The molecule has 6 nitrogen and oxygen atoms in total. The number of rotatable bonds is 3. The Hall–Kier alpha value is -2.94. The van der Waals surface area contributed by atoms with E-state index in [-0.39, 0.29) is 26.9 Å². The fourth-order valence-electron chi connectivity index (χ4n) is 4.52. The van der Waals surface area contributed by atoms with E-state index < -0.39 is 21.8 Å². The van der Waals surface area contributed by atoms with Crippen LogP contribution in [0.2, 0.25) is 5.02 Å². The lowest BCUT2D eigenvalue weighted by Gasteiger charge is -2.38. The van der Waals surface area contributed by atoms with Crippen LogP contribution >= 0.6 is 11.6 Å². The summed E-state index contributed by atoms with van der Waals surface area (Å²) in [5, 5.41) is 0.268. The Bertz CT molecular complexity index is 1420. The molecule has 36 heavy (non-hydrogen) atoms. The molecule has 0 bridgehead atoms. The number of carbonyl (C=O) groups excluding carboxylic acids is 1. The summed E-state index contributed by atoms with van der Waals surface area (Å²) < 4.78 is 48.3. The molecule has 1 heterocycles. The van der Waals surface area contributed by atoms with E-state index in [0.717, 1.165) is 18.9 Å². The standard InChI is InChI=1S/C27H28ClFN2O4S/c1-27(2,3)25-16-31(18-9-7-6-8-10-18)23-15-21(28)19(14-24(23)36(33,34)30(25)4)17-11-12-22(29)20(13-17)26(32)35-5/h6-15,25H,16H2,1-5H3/t25-/m0/s1. The summed E-state index contributed by atoms with van der Waals surface area (Å²) in [6.45, 7) is 6.44. The number of nitrogens with zero attached hydrogens (tertiary/aromatic N) is 2. The summed E-state index contributed by atoms with van der Waals surface area (Å²) in [6.07, 6.45) is 0. The molecule has 1 atom stereocenters. The van der Waals surface area contributed by atoms with Crippen LogP contribution in [-0.2, 0) is 14.8 Å². The van der Waals surface area contributed by atoms with Crippen LogP contribution in [0, 0.1) is 11.2 Å². The molecule has 0 unspecified atom stereocenters. The molecule has 190 valence electrons. The quantitative estimate of drug-likeness (QED) is 0.382.